The van der Waals surface area contributed by atoms with Gasteiger partial charge in [0.25, 0.3) is 0 Å². The Hall–Kier alpha value is -0.830. The number of hydrogen-bond acceptors (Lipinski definition) is 3. The molecule has 0 aromatic carbocycles. The van der Waals surface area contributed by atoms with E-state index in [1.165, 1.54) is 19.3 Å². The number of aliphatic hydroxyl groups is 1. The maximum Gasteiger partial charge on any atom is 0.333 e. The van der Waals surface area contributed by atoms with E-state index in [1.807, 2.05) is 13.8 Å². The quantitative estimate of drug-likeness (QED) is 0.599. The van der Waals surface area contributed by atoms with Crippen LogP contribution in [0, 0.1) is 23.7 Å². The lowest BCUT2D eigenvalue weighted by atomic mass is 9.77. The maximum atomic E-state index is 11.3. The second-order valence-corrected chi connectivity index (χ2v) is 7.47. The van der Waals surface area contributed by atoms with Crippen molar-refractivity contribution in [2.75, 3.05) is 6.61 Å². The molecular weight excluding hydrogens is 252 g/mol. The van der Waals surface area contributed by atoms with Gasteiger partial charge in [0.05, 0.1) is 12.2 Å². The first-order valence-electron chi connectivity index (χ1n) is 7.81. The number of carbonyl (C=O) groups excluding carboxylic acids is 1. The number of ether oxygens (including phenoxy) is 1. The average molecular weight is 280 g/mol. The molecule has 0 aliphatic heterocycles. The highest BCUT2D eigenvalue weighted by Crippen LogP contribution is 2.54. The van der Waals surface area contributed by atoms with Crippen LogP contribution in [0.25, 0.3) is 0 Å². The van der Waals surface area contributed by atoms with Crippen LogP contribution in [0.2, 0.25) is 0 Å². The number of esters is 1. The summed E-state index contributed by atoms with van der Waals surface area (Å²) in [5.41, 5.74) is -0.0648. The van der Waals surface area contributed by atoms with Gasteiger partial charge in [-0.05, 0) is 76.5 Å². The van der Waals surface area contributed by atoms with Crippen molar-refractivity contribution < 1.29 is 14.6 Å². The fraction of sp³-hybridized carbons (Fsp3) is 0.824. The van der Waals surface area contributed by atoms with E-state index in [2.05, 4.69) is 6.58 Å². The summed E-state index contributed by atoms with van der Waals surface area (Å²) >= 11 is 0. The van der Waals surface area contributed by atoms with Crippen LogP contribution in [0.15, 0.2) is 12.2 Å². The Morgan fingerprint density at radius 1 is 1.25 bits per heavy atom. The van der Waals surface area contributed by atoms with Gasteiger partial charge in [-0.3, -0.25) is 0 Å². The van der Waals surface area contributed by atoms with Gasteiger partial charge < -0.3 is 9.84 Å². The Morgan fingerprint density at radius 3 is 2.35 bits per heavy atom. The van der Waals surface area contributed by atoms with Crippen molar-refractivity contribution in [2.24, 2.45) is 23.7 Å². The molecule has 4 unspecified atom stereocenters. The topological polar surface area (TPSA) is 46.5 Å². The summed E-state index contributed by atoms with van der Waals surface area (Å²) in [5, 5.41) is 9.96. The van der Waals surface area contributed by atoms with Crippen molar-refractivity contribution in [1.82, 2.24) is 0 Å². The summed E-state index contributed by atoms with van der Waals surface area (Å²) in [4.78, 5) is 11.3. The second-order valence-electron chi connectivity index (χ2n) is 7.47. The standard InChI is InChI=1S/C17H28O3/c1-11(2)16(18)20-6-5-12-7-14-8-13(12)9-15(14)10-17(3,4)19/h12-15,19H,1,5-10H2,2-4H3. The third-order valence-electron chi connectivity index (χ3n) is 4.98. The molecule has 0 spiro atoms. The molecule has 20 heavy (non-hydrogen) atoms. The SMILES string of the molecule is C=C(C)C(=O)OCCC1CC2CC1CC2CC(C)(C)O. The molecule has 0 aromatic rings. The number of carbonyl (C=O) groups is 1. The first-order chi connectivity index (χ1) is 9.26. The van der Waals surface area contributed by atoms with Crippen molar-refractivity contribution in [3.63, 3.8) is 0 Å². The predicted octanol–water partition coefficient (Wildman–Crippen LogP) is 3.32. The molecule has 0 amide bonds. The van der Waals surface area contributed by atoms with Crippen LogP contribution in [-0.4, -0.2) is 23.3 Å². The zero-order valence-corrected chi connectivity index (χ0v) is 13.0. The molecule has 2 aliphatic carbocycles. The molecule has 2 aliphatic rings. The highest BCUT2D eigenvalue weighted by molar-refractivity contribution is 5.86. The first kappa shape index (κ1) is 15.6. The largest absolute Gasteiger partial charge is 0.462 e. The van der Waals surface area contributed by atoms with Crippen molar-refractivity contribution in [1.29, 1.82) is 0 Å². The fourth-order valence-corrected chi connectivity index (χ4v) is 4.19. The molecule has 0 heterocycles. The molecule has 0 saturated heterocycles. The molecule has 3 heteroatoms. The number of rotatable bonds is 6. The summed E-state index contributed by atoms with van der Waals surface area (Å²) in [6.45, 7) is 9.62. The minimum atomic E-state index is -0.540. The number of hydrogen-bond donors (Lipinski definition) is 1. The van der Waals surface area contributed by atoms with Crippen LogP contribution in [0.5, 0.6) is 0 Å². The lowest BCUT2D eigenvalue weighted by Crippen LogP contribution is -2.28. The van der Waals surface area contributed by atoms with Crippen LogP contribution in [0.4, 0.5) is 0 Å². The van der Waals surface area contributed by atoms with Crippen molar-refractivity contribution >= 4 is 5.97 Å². The summed E-state index contributed by atoms with van der Waals surface area (Å²) in [7, 11) is 0. The van der Waals surface area contributed by atoms with E-state index in [1.54, 1.807) is 6.92 Å². The summed E-state index contributed by atoms with van der Waals surface area (Å²) in [5.74, 6) is 2.67. The van der Waals surface area contributed by atoms with Crippen molar-refractivity contribution in [3.8, 4) is 0 Å². The highest BCUT2D eigenvalue weighted by atomic mass is 16.5. The monoisotopic (exact) mass is 280 g/mol. The lowest BCUT2D eigenvalue weighted by Gasteiger charge is -2.31. The molecule has 0 aromatic heterocycles. The van der Waals surface area contributed by atoms with Gasteiger partial charge in [0.2, 0.25) is 0 Å². The summed E-state index contributed by atoms with van der Waals surface area (Å²) < 4.78 is 5.20. The molecule has 0 radical (unpaired) electrons. The molecule has 1 N–H and O–H groups in total. The van der Waals surface area contributed by atoms with Gasteiger partial charge in [0.15, 0.2) is 0 Å². The zero-order chi connectivity index (χ0) is 14.9. The summed E-state index contributed by atoms with van der Waals surface area (Å²) in [6, 6.07) is 0. The van der Waals surface area contributed by atoms with Gasteiger partial charge in [-0.25, -0.2) is 4.79 Å². The third kappa shape index (κ3) is 3.85. The van der Waals surface area contributed by atoms with Crippen LogP contribution in [0.1, 0.15) is 52.9 Å². The Balaban J connectivity index is 1.72. The molecule has 2 saturated carbocycles. The van der Waals surface area contributed by atoms with Crippen LogP contribution in [0.3, 0.4) is 0 Å². The van der Waals surface area contributed by atoms with Crippen molar-refractivity contribution in [2.45, 2.75) is 58.5 Å². The van der Waals surface area contributed by atoms with E-state index >= 15 is 0 Å². The van der Waals surface area contributed by atoms with Crippen LogP contribution >= 0.6 is 0 Å². The smallest absolute Gasteiger partial charge is 0.333 e. The lowest BCUT2D eigenvalue weighted by molar-refractivity contribution is -0.139. The van der Waals surface area contributed by atoms with Gasteiger partial charge in [-0.15, -0.1) is 0 Å². The average Bonchev–Trinajstić information content (AvgIpc) is 2.85. The molecule has 3 nitrogen and oxygen atoms in total. The molecule has 4 atom stereocenters. The molecule has 2 fully saturated rings. The van der Waals surface area contributed by atoms with E-state index in [-0.39, 0.29) is 5.97 Å². The Labute approximate surface area is 122 Å². The zero-order valence-electron chi connectivity index (χ0n) is 13.0. The second kappa shape index (κ2) is 5.88. The number of fused-ring (bicyclic) bond motifs is 2. The van der Waals surface area contributed by atoms with Gasteiger partial charge in [0, 0.05) is 5.57 Å². The molecular formula is C17H28O3. The van der Waals surface area contributed by atoms with E-state index < -0.39 is 5.60 Å². The normalized spacial score (nSPS) is 32.4. The van der Waals surface area contributed by atoms with Gasteiger partial charge in [0.1, 0.15) is 0 Å². The van der Waals surface area contributed by atoms with E-state index in [0.29, 0.717) is 24.0 Å². The van der Waals surface area contributed by atoms with Gasteiger partial charge in [-0.2, -0.15) is 0 Å². The predicted molar refractivity (Wildman–Crippen MR) is 79.1 cm³/mol. The Bertz CT molecular complexity index is 380. The minimum Gasteiger partial charge on any atom is -0.462 e. The Kier molecular flexibility index (Phi) is 4.58. The van der Waals surface area contributed by atoms with E-state index in [4.69, 9.17) is 4.74 Å². The first-order valence-corrected chi connectivity index (χ1v) is 7.81. The fourth-order valence-electron chi connectivity index (χ4n) is 4.19. The molecule has 2 bridgehead atoms. The maximum absolute atomic E-state index is 11.3. The van der Waals surface area contributed by atoms with Gasteiger partial charge >= 0.3 is 5.97 Å². The molecule has 2 rings (SSSR count). The van der Waals surface area contributed by atoms with Crippen molar-refractivity contribution in [3.05, 3.63) is 12.2 Å². The van der Waals surface area contributed by atoms with Gasteiger partial charge in [-0.1, -0.05) is 6.58 Å². The van der Waals surface area contributed by atoms with E-state index in [9.17, 15) is 9.90 Å². The van der Waals surface area contributed by atoms with Crippen LogP contribution < -0.4 is 0 Å². The third-order valence-corrected chi connectivity index (χ3v) is 4.98. The van der Waals surface area contributed by atoms with E-state index in [0.717, 1.165) is 24.7 Å². The highest BCUT2D eigenvalue weighted by Gasteiger charge is 2.46. The van der Waals surface area contributed by atoms with Crippen LogP contribution in [-0.2, 0) is 9.53 Å². The minimum absolute atomic E-state index is 0.270. The molecule has 114 valence electrons. The summed E-state index contributed by atoms with van der Waals surface area (Å²) in [6.07, 6.45) is 5.70. The Morgan fingerprint density at radius 2 is 1.85 bits per heavy atom.